The number of para-hydroxylation sites is 1. The average molecular weight is 306 g/mol. The molecular formula is C14H12ClN3O3. The first-order valence-electron chi connectivity index (χ1n) is 6.09. The Morgan fingerprint density at radius 3 is 2.48 bits per heavy atom. The van der Waals surface area contributed by atoms with E-state index < -0.39 is 4.92 Å². The second-order valence-corrected chi connectivity index (χ2v) is 4.60. The number of nitro benzene ring substituents is 1. The van der Waals surface area contributed by atoms with Crippen molar-refractivity contribution in [1.29, 1.82) is 0 Å². The van der Waals surface area contributed by atoms with Crippen LogP contribution in [0.5, 0.6) is 0 Å². The van der Waals surface area contributed by atoms with Crippen molar-refractivity contribution < 1.29 is 9.72 Å². The van der Waals surface area contributed by atoms with Crippen LogP contribution >= 0.6 is 11.6 Å². The highest BCUT2D eigenvalue weighted by molar-refractivity contribution is 6.33. The molecule has 0 aliphatic carbocycles. The second kappa shape index (κ2) is 6.71. The van der Waals surface area contributed by atoms with Gasteiger partial charge < -0.3 is 10.6 Å². The van der Waals surface area contributed by atoms with Crippen LogP contribution < -0.4 is 10.6 Å². The standard InChI is InChI=1S/C14H12ClN3O3/c15-12-8-11(6-7-13(12)18(20)21)17-14(19)9-16-10-4-2-1-3-5-10/h1-8,16H,9H2,(H,17,19). The summed E-state index contributed by atoms with van der Waals surface area (Å²) in [5, 5.41) is 16.2. The van der Waals surface area contributed by atoms with E-state index in [4.69, 9.17) is 11.6 Å². The minimum absolute atomic E-state index is 0.0196. The molecular weight excluding hydrogens is 294 g/mol. The zero-order chi connectivity index (χ0) is 15.2. The summed E-state index contributed by atoms with van der Waals surface area (Å²) in [5.74, 6) is -0.274. The van der Waals surface area contributed by atoms with Crippen molar-refractivity contribution in [3.8, 4) is 0 Å². The SMILES string of the molecule is O=C(CNc1ccccc1)Nc1ccc([N+](=O)[O-])c(Cl)c1. The third kappa shape index (κ3) is 4.19. The van der Waals surface area contributed by atoms with E-state index in [9.17, 15) is 14.9 Å². The van der Waals surface area contributed by atoms with Crippen molar-refractivity contribution >= 4 is 34.6 Å². The first kappa shape index (κ1) is 14.8. The number of nitro groups is 1. The Bertz CT molecular complexity index is 662. The van der Waals surface area contributed by atoms with E-state index in [0.717, 1.165) is 5.69 Å². The number of hydrogen-bond acceptors (Lipinski definition) is 4. The number of halogens is 1. The summed E-state index contributed by atoms with van der Waals surface area (Å²) in [4.78, 5) is 21.8. The molecule has 0 saturated carbocycles. The summed E-state index contributed by atoms with van der Waals surface area (Å²) in [6.45, 7) is 0.0820. The summed E-state index contributed by atoms with van der Waals surface area (Å²) in [7, 11) is 0. The third-order valence-electron chi connectivity index (χ3n) is 2.65. The Kier molecular flexibility index (Phi) is 4.73. The Labute approximate surface area is 125 Å². The maximum atomic E-state index is 11.8. The molecule has 0 saturated heterocycles. The van der Waals surface area contributed by atoms with Crippen LogP contribution in [0.1, 0.15) is 0 Å². The first-order valence-corrected chi connectivity index (χ1v) is 6.47. The molecule has 0 heterocycles. The van der Waals surface area contributed by atoms with Crippen LogP contribution in [0.4, 0.5) is 17.1 Å². The predicted octanol–water partition coefficient (Wildman–Crippen LogP) is 3.30. The van der Waals surface area contributed by atoms with Gasteiger partial charge >= 0.3 is 0 Å². The minimum Gasteiger partial charge on any atom is -0.376 e. The van der Waals surface area contributed by atoms with E-state index in [-0.39, 0.29) is 23.2 Å². The summed E-state index contributed by atoms with van der Waals surface area (Å²) >= 11 is 5.77. The van der Waals surface area contributed by atoms with Crippen LogP contribution in [-0.4, -0.2) is 17.4 Å². The number of hydrogen-bond donors (Lipinski definition) is 2. The molecule has 0 unspecified atom stereocenters. The molecule has 21 heavy (non-hydrogen) atoms. The molecule has 6 nitrogen and oxygen atoms in total. The number of benzene rings is 2. The van der Waals surface area contributed by atoms with Gasteiger partial charge in [-0.3, -0.25) is 14.9 Å². The molecule has 2 N–H and O–H groups in total. The van der Waals surface area contributed by atoms with Crippen LogP contribution in [0.25, 0.3) is 0 Å². The third-order valence-corrected chi connectivity index (χ3v) is 2.96. The first-order chi connectivity index (χ1) is 10.1. The van der Waals surface area contributed by atoms with Crippen LogP contribution in [0.3, 0.4) is 0 Å². The molecule has 2 rings (SSSR count). The lowest BCUT2D eigenvalue weighted by molar-refractivity contribution is -0.384. The summed E-state index contributed by atoms with van der Waals surface area (Å²) in [5.41, 5.74) is 1.04. The van der Waals surface area contributed by atoms with Gasteiger partial charge in [0.15, 0.2) is 0 Å². The van der Waals surface area contributed by atoms with E-state index in [2.05, 4.69) is 10.6 Å². The highest BCUT2D eigenvalue weighted by Gasteiger charge is 2.12. The number of nitrogens with one attached hydrogen (secondary N) is 2. The fraction of sp³-hybridized carbons (Fsp3) is 0.0714. The van der Waals surface area contributed by atoms with E-state index in [1.165, 1.54) is 18.2 Å². The number of anilines is 2. The van der Waals surface area contributed by atoms with Gasteiger partial charge in [-0.05, 0) is 24.3 Å². The fourth-order valence-electron chi connectivity index (χ4n) is 1.68. The van der Waals surface area contributed by atoms with Crippen LogP contribution in [0.2, 0.25) is 5.02 Å². The zero-order valence-corrected chi connectivity index (χ0v) is 11.6. The normalized spacial score (nSPS) is 9.95. The fourth-order valence-corrected chi connectivity index (χ4v) is 1.93. The van der Waals surface area contributed by atoms with E-state index in [1.807, 2.05) is 30.3 Å². The Morgan fingerprint density at radius 2 is 1.86 bits per heavy atom. The van der Waals surface area contributed by atoms with Crippen molar-refractivity contribution in [2.75, 3.05) is 17.2 Å². The van der Waals surface area contributed by atoms with Gasteiger partial charge in [0.25, 0.3) is 5.69 Å². The van der Waals surface area contributed by atoms with Gasteiger partial charge in [-0.15, -0.1) is 0 Å². The molecule has 2 aromatic carbocycles. The van der Waals surface area contributed by atoms with Crippen molar-refractivity contribution in [2.45, 2.75) is 0 Å². The molecule has 0 aliphatic rings. The van der Waals surface area contributed by atoms with Crippen LogP contribution in [-0.2, 0) is 4.79 Å². The highest BCUT2D eigenvalue weighted by atomic mass is 35.5. The number of nitrogens with zero attached hydrogens (tertiary/aromatic N) is 1. The average Bonchev–Trinajstić information content (AvgIpc) is 2.46. The van der Waals surface area contributed by atoms with Gasteiger partial charge in [0, 0.05) is 17.4 Å². The number of carbonyl (C=O) groups is 1. The highest BCUT2D eigenvalue weighted by Crippen LogP contribution is 2.27. The number of amides is 1. The Hall–Kier alpha value is -2.60. The molecule has 0 atom stereocenters. The Balaban J connectivity index is 1.94. The molecule has 2 aromatic rings. The summed E-state index contributed by atoms with van der Waals surface area (Å²) in [6.07, 6.45) is 0. The van der Waals surface area contributed by atoms with Crippen molar-refractivity contribution in [3.05, 3.63) is 63.7 Å². The van der Waals surface area contributed by atoms with Gasteiger partial charge in [-0.2, -0.15) is 0 Å². The monoisotopic (exact) mass is 305 g/mol. The Morgan fingerprint density at radius 1 is 1.14 bits per heavy atom. The smallest absolute Gasteiger partial charge is 0.288 e. The van der Waals surface area contributed by atoms with Crippen LogP contribution in [0, 0.1) is 10.1 Å². The van der Waals surface area contributed by atoms with Crippen LogP contribution in [0.15, 0.2) is 48.5 Å². The molecule has 0 bridgehead atoms. The topological polar surface area (TPSA) is 84.3 Å². The van der Waals surface area contributed by atoms with Crippen molar-refractivity contribution in [1.82, 2.24) is 0 Å². The zero-order valence-electron chi connectivity index (χ0n) is 10.9. The van der Waals surface area contributed by atoms with Gasteiger partial charge in [-0.25, -0.2) is 0 Å². The molecule has 0 fully saturated rings. The lowest BCUT2D eigenvalue weighted by Crippen LogP contribution is -2.21. The largest absolute Gasteiger partial charge is 0.376 e. The van der Waals surface area contributed by atoms with Gasteiger partial charge in [0.2, 0.25) is 5.91 Å². The number of carbonyl (C=O) groups excluding carboxylic acids is 1. The predicted molar refractivity (Wildman–Crippen MR) is 81.7 cm³/mol. The van der Waals surface area contributed by atoms with E-state index in [1.54, 1.807) is 0 Å². The lowest BCUT2D eigenvalue weighted by atomic mass is 10.3. The van der Waals surface area contributed by atoms with Gasteiger partial charge in [0.1, 0.15) is 5.02 Å². The summed E-state index contributed by atoms with van der Waals surface area (Å²) < 4.78 is 0. The summed E-state index contributed by atoms with van der Waals surface area (Å²) in [6, 6.07) is 13.3. The maximum absolute atomic E-state index is 11.8. The minimum atomic E-state index is -0.578. The van der Waals surface area contributed by atoms with Gasteiger partial charge in [-0.1, -0.05) is 29.8 Å². The van der Waals surface area contributed by atoms with E-state index in [0.29, 0.717) is 5.69 Å². The van der Waals surface area contributed by atoms with Crippen molar-refractivity contribution in [3.63, 3.8) is 0 Å². The molecule has 1 amide bonds. The molecule has 0 aliphatic heterocycles. The molecule has 0 radical (unpaired) electrons. The van der Waals surface area contributed by atoms with E-state index >= 15 is 0 Å². The van der Waals surface area contributed by atoms with Gasteiger partial charge in [0.05, 0.1) is 11.5 Å². The lowest BCUT2D eigenvalue weighted by Gasteiger charge is -2.08. The molecule has 7 heteroatoms. The molecule has 108 valence electrons. The maximum Gasteiger partial charge on any atom is 0.288 e. The second-order valence-electron chi connectivity index (χ2n) is 4.19. The molecule has 0 aromatic heterocycles. The van der Waals surface area contributed by atoms with Crippen molar-refractivity contribution in [2.24, 2.45) is 0 Å². The molecule has 0 spiro atoms. The number of rotatable bonds is 5. The quantitative estimate of drug-likeness (QED) is 0.655.